The van der Waals surface area contributed by atoms with Gasteiger partial charge in [0.1, 0.15) is 41.2 Å². The Balaban J connectivity index is 0.797. The number of rotatable bonds is 12. The molecule has 4 aromatic carbocycles. The van der Waals surface area contributed by atoms with Gasteiger partial charge in [-0.05, 0) is 123 Å². The molecule has 2 unspecified atom stereocenters. The van der Waals surface area contributed by atoms with E-state index in [4.69, 9.17) is 14.1 Å². The first-order chi connectivity index (χ1) is 30.4. The Hall–Kier alpha value is -6.04. The average molecular weight is 844 g/mol. The molecule has 1 saturated heterocycles. The lowest BCUT2D eigenvalue weighted by Crippen LogP contribution is -2.45. The topological polar surface area (TPSA) is 114 Å². The van der Waals surface area contributed by atoms with Crippen molar-refractivity contribution in [3.63, 3.8) is 0 Å². The van der Waals surface area contributed by atoms with Crippen LogP contribution in [0.15, 0.2) is 119 Å². The second-order valence-corrected chi connectivity index (χ2v) is 18.2. The standard InChI is InChI=1S/C51H53N7O3S/c1-32-33(2)62-51-47(32)49(54-45(30-46-52-24-27-61-46)50-56-55-34(3)58(50)51)37-12-17-39(18-13-37)53-31-40-11-7-8-25-57(40)26-28-60-42-20-14-36(15-21-42)48-43(35-9-5-4-6-10-35)22-16-38-29-41(59)19-23-44(38)48/h4-6,9-10,12-15,17-21,23-24,27,29,40,43,45,48,53,59H,7-8,11,16,22,25-26,28,30-31H2,1-3H3/t40?,43-,45?,48+/m1/s1. The number of nitrogens with one attached hydrogen (secondary N) is 1. The van der Waals surface area contributed by atoms with Gasteiger partial charge in [0.05, 0.1) is 18.3 Å². The number of nitrogens with zero attached hydrogens (tertiary/aromatic N) is 6. The van der Waals surface area contributed by atoms with Crippen LogP contribution >= 0.6 is 11.3 Å². The van der Waals surface area contributed by atoms with Crippen molar-refractivity contribution in [2.24, 2.45) is 4.99 Å². The lowest BCUT2D eigenvalue weighted by molar-refractivity contribution is 0.129. The molecule has 1 aliphatic carbocycles. The van der Waals surface area contributed by atoms with E-state index in [1.165, 1.54) is 45.5 Å². The summed E-state index contributed by atoms with van der Waals surface area (Å²) in [6.07, 6.45) is 9.40. The molecule has 3 aliphatic rings. The predicted molar refractivity (Wildman–Crippen MR) is 246 cm³/mol. The monoisotopic (exact) mass is 843 g/mol. The van der Waals surface area contributed by atoms with Crippen molar-refractivity contribution in [1.29, 1.82) is 0 Å². The minimum absolute atomic E-state index is 0.220. The van der Waals surface area contributed by atoms with Crippen LogP contribution in [-0.4, -0.2) is 67.7 Å². The van der Waals surface area contributed by atoms with Gasteiger partial charge in [0.2, 0.25) is 0 Å². The first kappa shape index (κ1) is 40.1. The van der Waals surface area contributed by atoms with E-state index in [0.29, 0.717) is 36.6 Å². The summed E-state index contributed by atoms with van der Waals surface area (Å²) in [4.78, 5) is 13.7. The third kappa shape index (κ3) is 7.95. The third-order valence-corrected chi connectivity index (χ3v) is 14.4. The van der Waals surface area contributed by atoms with Crippen molar-refractivity contribution in [2.45, 2.75) is 83.2 Å². The SMILES string of the molecule is Cc1sc2c(c1C)C(c1ccc(NCC3CCCCN3CCOc3ccc([C@@H]4c5ccc(O)cc5CC[C@@H]4c4ccccc4)cc3)cc1)=NC(Cc1ncco1)c1nnc(C)n1-2. The Morgan fingerprint density at radius 1 is 0.903 bits per heavy atom. The number of thiophene rings is 1. The predicted octanol–water partition coefficient (Wildman–Crippen LogP) is 10.3. The lowest BCUT2D eigenvalue weighted by atomic mass is 9.69. The number of aromatic nitrogens is 4. The van der Waals surface area contributed by atoms with E-state index >= 15 is 0 Å². The number of aryl methyl sites for hydroxylation is 3. The van der Waals surface area contributed by atoms with Gasteiger partial charge in [0, 0.05) is 46.7 Å². The van der Waals surface area contributed by atoms with E-state index in [-0.39, 0.29) is 12.0 Å². The molecule has 7 aromatic rings. The van der Waals surface area contributed by atoms with Gasteiger partial charge < -0.3 is 19.6 Å². The van der Waals surface area contributed by atoms with Gasteiger partial charge in [0.25, 0.3) is 0 Å². The van der Waals surface area contributed by atoms with Crippen LogP contribution in [0.1, 0.15) is 105 Å². The van der Waals surface area contributed by atoms with E-state index < -0.39 is 0 Å². The van der Waals surface area contributed by atoms with Crippen LogP contribution in [0.3, 0.4) is 0 Å². The molecule has 2 N–H and O–H groups in total. The highest BCUT2D eigenvalue weighted by atomic mass is 32.1. The zero-order chi connectivity index (χ0) is 42.2. The molecule has 0 amide bonds. The van der Waals surface area contributed by atoms with Crippen molar-refractivity contribution >= 4 is 22.7 Å². The number of benzene rings is 4. The summed E-state index contributed by atoms with van der Waals surface area (Å²) in [5.41, 5.74) is 10.7. The van der Waals surface area contributed by atoms with Crippen molar-refractivity contribution in [3.05, 3.63) is 171 Å². The zero-order valence-electron chi connectivity index (χ0n) is 35.6. The molecular formula is C51H53N7O3S. The molecule has 62 heavy (non-hydrogen) atoms. The molecule has 0 radical (unpaired) electrons. The van der Waals surface area contributed by atoms with Crippen LogP contribution in [0, 0.1) is 20.8 Å². The number of likely N-dealkylation sites (tertiary alicyclic amines) is 1. The zero-order valence-corrected chi connectivity index (χ0v) is 36.4. The highest BCUT2D eigenvalue weighted by molar-refractivity contribution is 7.15. The fraction of sp³-hybridized carbons (Fsp3) is 0.333. The van der Waals surface area contributed by atoms with Crippen molar-refractivity contribution in [1.82, 2.24) is 24.6 Å². The number of phenols is 1. The Labute approximate surface area is 367 Å². The highest BCUT2D eigenvalue weighted by Crippen LogP contribution is 2.47. The van der Waals surface area contributed by atoms with Crippen molar-refractivity contribution in [3.8, 4) is 16.5 Å². The molecule has 5 heterocycles. The maximum Gasteiger partial charge on any atom is 0.196 e. The molecular weight excluding hydrogens is 791 g/mol. The Morgan fingerprint density at radius 3 is 2.55 bits per heavy atom. The Kier molecular flexibility index (Phi) is 11.2. The molecule has 11 heteroatoms. The summed E-state index contributed by atoms with van der Waals surface area (Å²) < 4.78 is 14.3. The summed E-state index contributed by atoms with van der Waals surface area (Å²) in [7, 11) is 0. The van der Waals surface area contributed by atoms with Gasteiger partial charge in [-0.1, -0.05) is 67.1 Å². The summed E-state index contributed by atoms with van der Waals surface area (Å²) in [5, 5.41) is 24.2. The van der Waals surface area contributed by atoms with Crippen LogP contribution < -0.4 is 10.1 Å². The molecule has 1 fully saturated rings. The molecule has 0 saturated carbocycles. The Bertz CT molecular complexity index is 2670. The minimum Gasteiger partial charge on any atom is -0.508 e. The van der Waals surface area contributed by atoms with Gasteiger partial charge in [-0.25, -0.2) is 4.98 Å². The second kappa shape index (κ2) is 17.4. The molecule has 2 aliphatic heterocycles. The second-order valence-electron chi connectivity index (χ2n) is 17.0. The quantitative estimate of drug-likeness (QED) is 0.125. The van der Waals surface area contributed by atoms with Crippen LogP contribution in [-0.2, 0) is 12.8 Å². The van der Waals surface area contributed by atoms with Gasteiger partial charge in [-0.2, -0.15) is 0 Å². The molecule has 10 rings (SSSR count). The molecule has 4 atom stereocenters. The maximum atomic E-state index is 10.3. The number of phenolic OH excluding ortho intramolecular Hbond substituents is 1. The van der Waals surface area contributed by atoms with Crippen LogP contribution in [0.4, 0.5) is 5.69 Å². The smallest absolute Gasteiger partial charge is 0.196 e. The van der Waals surface area contributed by atoms with Crippen LogP contribution in [0.5, 0.6) is 11.5 Å². The lowest BCUT2D eigenvalue weighted by Gasteiger charge is -2.36. The molecule has 0 bridgehead atoms. The number of piperidine rings is 1. The minimum atomic E-state index is -0.299. The van der Waals surface area contributed by atoms with Crippen LogP contribution in [0.2, 0.25) is 0 Å². The fourth-order valence-corrected chi connectivity index (χ4v) is 11.2. The first-order valence-corrected chi connectivity index (χ1v) is 22.9. The van der Waals surface area contributed by atoms with Gasteiger partial charge in [-0.15, -0.1) is 21.5 Å². The summed E-state index contributed by atoms with van der Waals surface area (Å²) in [6, 6.07) is 34.4. The largest absolute Gasteiger partial charge is 0.508 e. The van der Waals surface area contributed by atoms with E-state index in [9.17, 15) is 5.11 Å². The number of hydrogen-bond donors (Lipinski definition) is 2. The third-order valence-electron chi connectivity index (χ3n) is 13.2. The highest BCUT2D eigenvalue weighted by Gasteiger charge is 2.34. The average Bonchev–Trinajstić information content (AvgIpc) is 4.01. The molecule has 316 valence electrons. The molecule has 0 spiro atoms. The van der Waals surface area contributed by atoms with Gasteiger partial charge in [-0.3, -0.25) is 14.5 Å². The number of fused-ring (bicyclic) bond motifs is 4. The van der Waals surface area contributed by atoms with Crippen molar-refractivity contribution < 1.29 is 14.3 Å². The number of anilines is 1. The van der Waals surface area contributed by atoms with E-state index in [1.54, 1.807) is 23.8 Å². The summed E-state index contributed by atoms with van der Waals surface area (Å²) in [5.74, 6) is 4.11. The number of ether oxygens (including phenoxy) is 1. The van der Waals surface area contributed by atoms with E-state index in [0.717, 1.165) is 83.8 Å². The number of aliphatic imine (C=N–C) groups is 1. The maximum absolute atomic E-state index is 10.3. The van der Waals surface area contributed by atoms with E-state index in [2.05, 4.69) is 129 Å². The number of oxazole rings is 1. The van der Waals surface area contributed by atoms with E-state index in [1.807, 2.05) is 19.1 Å². The molecule has 10 nitrogen and oxygen atoms in total. The summed E-state index contributed by atoms with van der Waals surface area (Å²) in [6.45, 7) is 9.83. The van der Waals surface area contributed by atoms with Gasteiger partial charge >= 0.3 is 0 Å². The first-order valence-electron chi connectivity index (χ1n) is 22.0. The number of hydrogen-bond acceptors (Lipinski definition) is 10. The normalized spacial score (nSPS) is 19.8. The summed E-state index contributed by atoms with van der Waals surface area (Å²) >= 11 is 1.77. The molecule has 3 aromatic heterocycles. The van der Waals surface area contributed by atoms with Crippen LogP contribution in [0.25, 0.3) is 5.00 Å². The number of aromatic hydroxyl groups is 1. The van der Waals surface area contributed by atoms with Gasteiger partial charge in [0.15, 0.2) is 11.7 Å². The van der Waals surface area contributed by atoms with Crippen molar-refractivity contribution in [2.75, 3.05) is 31.6 Å². The fourth-order valence-electron chi connectivity index (χ4n) is 9.94. The Morgan fingerprint density at radius 2 is 1.74 bits per heavy atom.